The number of ether oxygens (including phenoxy) is 2. The highest BCUT2D eigenvalue weighted by Gasteiger charge is 2.38. The Hall–Kier alpha value is -4.62. The van der Waals surface area contributed by atoms with Crippen LogP contribution in [0.5, 0.6) is 11.5 Å². The van der Waals surface area contributed by atoms with Crippen molar-refractivity contribution in [1.82, 2.24) is 18.9 Å². The van der Waals surface area contributed by atoms with E-state index in [9.17, 15) is 19.8 Å². The molecule has 2 atom stereocenters. The van der Waals surface area contributed by atoms with Crippen molar-refractivity contribution in [2.75, 3.05) is 63.1 Å². The summed E-state index contributed by atoms with van der Waals surface area (Å²) in [7, 11) is 0. The fourth-order valence-electron chi connectivity index (χ4n) is 6.29. The van der Waals surface area contributed by atoms with Gasteiger partial charge in [0.2, 0.25) is 11.6 Å². The van der Waals surface area contributed by atoms with Crippen molar-refractivity contribution in [3.63, 3.8) is 0 Å². The van der Waals surface area contributed by atoms with Gasteiger partial charge in [-0.25, -0.2) is 0 Å². The predicted octanol–water partition coefficient (Wildman–Crippen LogP) is 3.28. The first-order valence-corrected chi connectivity index (χ1v) is 14.8. The molecule has 4 heterocycles. The van der Waals surface area contributed by atoms with Crippen molar-refractivity contribution in [2.24, 2.45) is 0 Å². The zero-order valence-electron chi connectivity index (χ0n) is 24.1. The molecule has 12 nitrogen and oxygen atoms in total. The average Bonchev–Trinajstić information content (AvgIpc) is 3.84. The van der Waals surface area contributed by atoms with Crippen LogP contribution < -0.4 is 10.6 Å². The molecule has 2 aliphatic heterocycles. The van der Waals surface area contributed by atoms with Crippen LogP contribution in [0.2, 0.25) is 0 Å². The van der Waals surface area contributed by atoms with Crippen molar-refractivity contribution in [2.45, 2.75) is 12.7 Å². The molecule has 4 aromatic rings. The number of hydrogen-bond acceptors (Lipinski definition) is 10. The molecule has 4 N–H and O–H groups in total. The van der Waals surface area contributed by atoms with E-state index in [1.165, 1.54) is 12.1 Å². The predicted molar refractivity (Wildman–Crippen MR) is 162 cm³/mol. The fourth-order valence-corrected chi connectivity index (χ4v) is 6.29. The summed E-state index contributed by atoms with van der Waals surface area (Å²) in [5.41, 5.74) is 0.927. The number of aromatic hydroxyl groups is 2. The Bertz CT molecular complexity index is 1550. The molecule has 3 aliphatic rings. The van der Waals surface area contributed by atoms with Gasteiger partial charge >= 0.3 is 0 Å². The van der Waals surface area contributed by atoms with Crippen molar-refractivity contribution >= 4 is 22.9 Å². The van der Waals surface area contributed by atoms with E-state index in [-0.39, 0.29) is 46.5 Å². The minimum atomic E-state index is -0.524. The molecule has 0 amide bonds. The van der Waals surface area contributed by atoms with Gasteiger partial charge in [0.1, 0.15) is 11.5 Å². The first-order chi connectivity index (χ1) is 21.5. The quantitative estimate of drug-likeness (QED) is 0.178. The summed E-state index contributed by atoms with van der Waals surface area (Å²) in [6, 6.07) is 13.8. The zero-order valence-corrected chi connectivity index (χ0v) is 24.1. The van der Waals surface area contributed by atoms with Crippen LogP contribution in [0.4, 0.5) is 11.4 Å². The van der Waals surface area contributed by atoms with E-state index in [1.54, 1.807) is 12.1 Å². The molecule has 2 aromatic heterocycles. The second-order valence-electron chi connectivity index (χ2n) is 11.0. The van der Waals surface area contributed by atoms with Crippen molar-refractivity contribution in [3.05, 3.63) is 95.6 Å². The van der Waals surface area contributed by atoms with Crippen LogP contribution in [-0.4, -0.2) is 93.2 Å². The molecule has 228 valence electrons. The summed E-state index contributed by atoms with van der Waals surface area (Å²) >= 11 is 0. The molecule has 2 saturated heterocycles. The molecule has 44 heavy (non-hydrogen) atoms. The first kappa shape index (κ1) is 28.2. The van der Waals surface area contributed by atoms with Crippen LogP contribution in [0.3, 0.4) is 0 Å². The molecule has 0 radical (unpaired) electrons. The summed E-state index contributed by atoms with van der Waals surface area (Å²) in [6.45, 7) is 4.97. The van der Waals surface area contributed by atoms with Gasteiger partial charge < -0.3 is 39.5 Å². The van der Waals surface area contributed by atoms with Crippen LogP contribution >= 0.6 is 0 Å². The maximum Gasteiger partial charge on any atom is 0.200 e. The lowest BCUT2D eigenvalue weighted by Gasteiger charge is -2.27. The molecule has 1 aliphatic carbocycles. The topological polar surface area (TPSA) is 133 Å². The van der Waals surface area contributed by atoms with E-state index >= 15 is 0 Å². The van der Waals surface area contributed by atoms with Gasteiger partial charge in [-0.05, 0) is 48.5 Å². The van der Waals surface area contributed by atoms with Gasteiger partial charge in [-0.1, -0.05) is 0 Å². The average molecular weight is 599 g/mol. The van der Waals surface area contributed by atoms with Crippen LogP contribution in [0.1, 0.15) is 44.5 Å². The van der Waals surface area contributed by atoms with Gasteiger partial charge in [-0.2, -0.15) is 0 Å². The maximum atomic E-state index is 13.9. The molecule has 2 aromatic carbocycles. The van der Waals surface area contributed by atoms with Crippen LogP contribution in [0.25, 0.3) is 0 Å². The minimum absolute atomic E-state index is 0.169. The monoisotopic (exact) mass is 598 g/mol. The molecule has 2 unspecified atom stereocenters. The molecule has 7 rings (SSSR count). The van der Waals surface area contributed by atoms with E-state index < -0.39 is 11.6 Å². The standard InChI is InChI=1S/C32H34N6O6/c39-23-7-8-24(40)28-27(23)29(41)25-21(33-9-15-37-17-19-43-31(37)35-11-1-2-12-35)5-6-22(26(25)30(28)42)34-10-16-38-18-20-44-32(38)36-13-3-4-14-36/h1-8,11-14,31-34,39-40H,9-10,15-20H2. The molecule has 2 fully saturated rings. The highest BCUT2D eigenvalue weighted by atomic mass is 16.5. The zero-order chi connectivity index (χ0) is 30.2. The number of carbonyl (C=O) groups is 2. The lowest BCUT2D eigenvalue weighted by molar-refractivity contribution is -0.0245. The number of nitrogens with zero attached hydrogens (tertiary/aromatic N) is 4. The number of phenols is 2. The van der Waals surface area contributed by atoms with Crippen LogP contribution in [-0.2, 0) is 9.47 Å². The largest absolute Gasteiger partial charge is 0.507 e. The number of nitrogens with one attached hydrogen (secondary N) is 2. The van der Waals surface area contributed by atoms with Gasteiger partial charge in [0.05, 0.1) is 35.5 Å². The van der Waals surface area contributed by atoms with Crippen molar-refractivity contribution < 1.29 is 29.3 Å². The summed E-state index contributed by atoms with van der Waals surface area (Å²) in [4.78, 5) is 32.2. The highest BCUT2D eigenvalue weighted by Crippen LogP contribution is 2.42. The van der Waals surface area contributed by atoms with E-state index in [0.717, 1.165) is 13.1 Å². The lowest BCUT2D eigenvalue weighted by Crippen LogP contribution is -2.33. The Labute approximate surface area is 254 Å². The third-order valence-corrected chi connectivity index (χ3v) is 8.38. The number of carbonyl (C=O) groups excluding carboxylic acids is 2. The Morgan fingerprint density at radius 1 is 0.636 bits per heavy atom. The molecule has 0 saturated carbocycles. The molecular weight excluding hydrogens is 564 g/mol. The maximum absolute atomic E-state index is 13.9. The van der Waals surface area contributed by atoms with Crippen LogP contribution in [0, 0.1) is 0 Å². The molecule has 12 heteroatoms. The van der Waals surface area contributed by atoms with Crippen molar-refractivity contribution in [3.8, 4) is 11.5 Å². The number of rotatable bonds is 10. The summed E-state index contributed by atoms with van der Waals surface area (Å²) in [5.74, 6) is -1.74. The second kappa shape index (κ2) is 11.8. The van der Waals surface area contributed by atoms with Gasteiger partial charge in [0.25, 0.3) is 0 Å². The lowest BCUT2D eigenvalue weighted by atomic mass is 9.81. The van der Waals surface area contributed by atoms with E-state index in [0.29, 0.717) is 50.8 Å². The number of benzene rings is 2. The number of aromatic nitrogens is 2. The number of anilines is 2. The number of hydrogen-bond donors (Lipinski definition) is 4. The van der Waals surface area contributed by atoms with Gasteiger partial charge in [-0.3, -0.25) is 19.4 Å². The SMILES string of the molecule is O=C1c2c(O)ccc(O)c2C(=O)c2c(NCCN3CCOC3n3cccc3)ccc(NCCN3CCOC3n3cccc3)c21. The smallest absolute Gasteiger partial charge is 0.200 e. The number of ketones is 2. The van der Waals surface area contributed by atoms with Gasteiger partial charge in [0, 0.05) is 75.4 Å². The van der Waals surface area contributed by atoms with E-state index in [4.69, 9.17) is 9.47 Å². The first-order valence-electron chi connectivity index (χ1n) is 14.8. The van der Waals surface area contributed by atoms with Gasteiger partial charge in [-0.15, -0.1) is 0 Å². The Kier molecular flexibility index (Phi) is 7.56. The van der Waals surface area contributed by atoms with E-state index in [2.05, 4.69) is 20.4 Å². The third-order valence-electron chi connectivity index (χ3n) is 8.38. The second-order valence-corrected chi connectivity index (χ2v) is 11.0. The normalized spacial score (nSPS) is 20.2. The van der Waals surface area contributed by atoms with Crippen LogP contribution in [0.15, 0.2) is 73.3 Å². The van der Waals surface area contributed by atoms with Gasteiger partial charge in [0.15, 0.2) is 12.7 Å². The van der Waals surface area contributed by atoms with Crippen molar-refractivity contribution in [1.29, 1.82) is 0 Å². The number of fused-ring (bicyclic) bond motifs is 2. The Morgan fingerprint density at radius 2 is 1.05 bits per heavy atom. The fraction of sp³-hybridized carbons (Fsp3) is 0.312. The number of phenolic OH excluding ortho intramolecular Hbond substituents is 2. The summed E-state index contributed by atoms with van der Waals surface area (Å²) in [5, 5.41) is 27.9. The molecular formula is C32H34N6O6. The third kappa shape index (κ3) is 5.01. The molecule has 0 spiro atoms. The Morgan fingerprint density at radius 3 is 1.45 bits per heavy atom. The van der Waals surface area contributed by atoms with E-state index in [1.807, 2.05) is 58.2 Å². The minimum Gasteiger partial charge on any atom is -0.507 e. The Balaban J connectivity index is 1.13. The summed E-state index contributed by atoms with van der Waals surface area (Å²) in [6.07, 6.45) is 7.42. The molecule has 0 bridgehead atoms. The summed E-state index contributed by atoms with van der Waals surface area (Å²) < 4.78 is 15.8. The highest BCUT2D eigenvalue weighted by molar-refractivity contribution is 6.33.